The fraction of sp³-hybridized carbons (Fsp3) is 0.167. The summed E-state index contributed by atoms with van der Waals surface area (Å²) in [5.74, 6) is -0.478. The number of carbonyl (C=O) groups is 1. The molecule has 0 saturated carbocycles. The summed E-state index contributed by atoms with van der Waals surface area (Å²) in [5.41, 5.74) is 1.28. The van der Waals surface area contributed by atoms with Gasteiger partial charge in [0.05, 0.1) is 17.0 Å². The zero-order valence-corrected chi connectivity index (χ0v) is 11.2. The third-order valence-electron chi connectivity index (χ3n) is 2.48. The fourth-order valence-corrected chi connectivity index (χ4v) is 1.99. The van der Waals surface area contributed by atoms with Gasteiger partial charge in [-0.1, -0.05) is 6.07 Å². The number of nitrogens with one attached hydrogen (secondary N) is 1. The molecule has 1 N–H and O–H groups in total. The second kappa shape index (κ2) is 5.30. The summed E-state index contributed by atoms with van der Waals surface area (Å²) >= 11 is 3.12. The number of amides is 1. The van der Waals surface area contributed by atoms with Crippen molar-refractivity contribution in [3.05, 3.63) is 52.3 Å². The highest BCUT2D eigenvalue weighted by molar-refractivity contribution is 9.10. The van der Waals surface area contributed by atoms with E-state index in [-0.39, 0.29) is 11.7 Å². The van der Waals surface area contributed by atoms with Gasteiger partial charge in [-0.05, 0) is 33.6 Å². The molecular formula is C12H11BrFN3O. The molecule has 2 rings (SSSR count). The Balaban J connectivity index is 2.09. The Hall–Kier alpha value is -1.69. The van der Waals surface area contributed by atoms with Crippen molar-refractivity contribution in [2.24, 2.45) is 0 Å². The maximum Gasteiger partial charge on any atom is 0.271 e. The molecule has 0 atom stereocenters. The molecule has 1 aromatic carbocycles. The van der Waals surface area contributed by atoms with Crippen LogP contribution in [0.5, 0.6) is 0 Å². The van der Waals surface area contributed by atoms with Gasteiger partial charge >= 0.3 is 0 Å². The Morgan fingerprint density at radius 2 is 2.33 bits per heavy atom. The van der Waals surface area contributed by atoms with E-state index in [4.69, 9.17) is 0 Å². The van der Waals surface area contributed by atoms with Crippen molar-refractivity contribution in [3.63, 3.8) is 0 Å². The zero-order valence-electron chi connectivity index (χ0n) is 9.65. The standard InChI is InChI=1S/C12H11BrFN3O/c1-17(12(18)11-5-15-7-16-11)6-8-2-3-10(14)9(13)4-8/h2-5,7H,6H2,1H3,(H,15,16). The molecule has 18 heavy (non-hydrogen) atoms. The summed E-state index contributed by atoms with van der Waals surface area (Å²) < 4.78 is 13.5. The van der Waals surface area contributed by atoms with E-state index in [2.05, 4.69) is 25.9 Å². The second-order valence-electron chi connectivity index (χ2n) is 3.87. The molecule has 0 aliphatic carbocycles. The molecule has 94 valence electrons. The number of aromatic amines is 1. The smallest absolute Gasteiger partial charge is 0.271 e. The lowest BCUT2D eigenvalue weighted by atomic mass is 10.2. The Morgan fingerprint density at radius 3 is 2.94 bits per heavy atom. The van der Waals surface area contributed by atoms with Gasteiger partial charge in [-0.2, -0.15) is 0 Å². The molecule has 1 heterocycles. The second-order valence-corrected chi connectivity index (χ2v) is 4.73. The topological polar surface area (TPSA) is 49.0 Å². The van der Waals surface area contributed by atoms with Crippen LogP contribution in [0, 0.1) is 5.82 Å². The Morgan fingerprint density at radius 1 is 1.56 bits per heavy atom. The minimum Gasteiger partial charge on any atom is -0.341 e. The molecule has 2 aromatic rings. The SMILES string of the molecule is CN(Cc1ccc(F)c(Br)c1)C(=O)c1cnc[nH]1. The van der Waals surface area contributed by atoms with Crippen LogP contribution in [0.15, 0.2) is 35.2 Å². The van der Waals surface area contributed by atoms with Crippen LogP contribution in [0.2, 0.25) is 0 Å². The maximum atomic E-state index is 13.1. The molecule has 0 spiro atoms. The van der Waals surface area contributed by atoms with E-state index in [0.717, 1.165) is 5.56 Å². The molecule has 6 heteroatoms. The van der Waals surface area contributed by atoms with Crippen LogP contribution < -0.4 is 0 Å². The molecule has 0 aliphatic heterocycles. The number of hydrogen-bond donors (Lipinski definition) is 1. The van der Waals surface area contributed by atoms with E-state index in [0.29, 0.717) is 16.7 Å². The van der Waals surface area contributed by atoms with Crippen molar-refractivity contribution in [3.8, 4) is 0 Å². The predicted octanol–water partition coefficient (Wildman–Crippen LogP) is 2.58. The van der Waals surface area contributed by atoms with E-state index >= 15 is 0 Å². The summed E-state index contributed by atoms with van der Waals surface area (Å²) in [5, 5.41) is 0. The summed E-state index contributed by atoms with van der Waals surface area (Å²) in [6, 6.07) is 4.68. The number of hydrogen-bond acceptors (Lipinski definition) is 2. The van der Waals surface area contributed by atoms with Gasteiger partial charge in [-0.25, -0.2) is 9.37 Å². The molecule has 4 nitrogen and oxygen atoms in total. The first kappa shape index (κ1) is 12.8. The minimum atomic E-state index is -0.318. The molecule has 0 radical (unpaired) electrons. The Bertz CT molecular complexity index is 556. The molecule has 0 bridgehead atoms. The lowest BCUT2D eigenvalue weighted by Crippen LogP contribution is -2.26. The van der Waals surface area contributed by atoms with E-state index in [1.165, 1.54) is 23.5 Å². The van der Waals surface area contributed by atoms with Gasteiger partial charge in [0.25, 0.3) is 5.91 Å². The molecule has 1 amide bonds. The lowest BCUT2D eigenvalue weighted by Gasteiger charge is -2.16. The van der Waals surface area contributed by atoms with Crippen molar-refractivity contribution in [2.45, 2.75) is 6.54 Å². The van der Waals surface area contributed by atoms with Gasteiger partial charge < -0.3 is 9.88 Å². The number of nitrogens with zero attached hydrogens (tertiary/aromatic N) is 2. The first-order valence-electron chi connectivity index (χ1n) is 5.25. The van der Waals surface area contributed by atoms with Crippen LogP contribution in [0.4, 0.5) is 4.39 Å². The van der Waals surface area contributed by atoms with Gasteiger partial charge in [0.15, 0.2) is 0 Å². The Kier molecular flexibility index (Phi) is 3.76. The van der Waals surface area contributed by atoms with E-state index in [1.54, 1.807) is 19.2 Å². The number of benzene rings is 1. The van der Waals surface area contributed by atoms with Gasteiger partial charge in [0.1, 0.15) is 11.5 Å². The van der Waals surface area contributed by atoms with E-state index < -0.39 is 0 Å². The van der Waals surface area contributed by atoms with Crippen LogP contribution in [0.25, 0.3) is 0 Å². The quantitative estimate of drug-likeness (QED) is 0.947. The summed E-state index contributed by atoms with van der Waals surface area (Å²) in [6.45, 7) is 0.400. The van der Waals surface area contributed by atoms with Crippen LogP contribution in [-0.4, -0.2) is 27.8 Å². The lowest BCUT2D eigenvalue weighted by molar-refractivity contribution is 0.0780. The highest BCUT2D eigenvalue weighted by Crippen LogP contribution is 2.18. The van der Waals surface area contributed by atoms with Crippen LogP contribution in [0.3, 0.4) is 0 Å². The fourth-order valence-electron chi connectivity index (χ4n) is 1.56. The molecule has 1 aromatic heterocycles. The van der Waals surface area contributed by atoms with E-state index in [1.807, 2.05) is 0 Å². The zero-order chi connectivity index (χ0) is 13.1. The highest BCUT2D eigenvalue weighted by atomic mass is 79.9. The Labute approximate surface area is 112 Å². The van der Waals surface area contributed by atoms with Crippen molar-refractivity contribution < 1.29 is 9.18 Å². The van der Waals surface area contributed by atoms with Gasteiger partial charge in [0.2, 0.25) is 0 Å². The number of imidazole rings is 1. The van der Waals surface area contributed by atoms with Gasteiger partial charge in [-0.15, -0.1) is 0 Å². The van der Waals surface area contributed by atoms with Crippen molar-refractivity contribution in [1.29, 1.82) is 0 Å². The molecule has 0 aliphatic rings. The molecule has 0 saturated heterocycles. The van der Waals surface area contributed by atoms with Crippen LogP contribution in [-0.2, 0) is 6.54 Å². The summed E-state index contributed by atoms with van der Waals surface area (Å²) in [7, 11) is 1.68. The monoisotopic (exact) mass is 311 g/mol. The number of halogens is 2. The first-order valence-corrected chi connectivity index (χ1v) is 6.05. The van der Waals surface area contributed by atoms with Gasteiger partial charge in [0, 0.05) is 13.6 Å². The van der Waals surface area contributed by atoms with Gasteiger partial charge in [-0.3, -0.25) is 4.79 Å². The van der Waals surface area contributed by atoms with Crippen LogP contribution in [0.1, 0.15) is 16.1 Å². The largest absolute Gasteiger partial charge is 0.341 e. The van der Waals surface area contributed by atoms with Crippen molar-refractivity contribution >= 4 is 21.8 Å². The van der Waals surface area contributed by atoms with Crippen molar-refractivity contribution in [2.75, 3.05) is 7.05 Å². The molecule has 0 unspecified atom stereocenters. The number of aromatic nitrogens is 2. The highest BCUT2D eigenvalue weighted by Gasteiger charge is 2.13. The maximum absolute atomic E-state index is 13.1. The summed E-state index contributed by atoms with van der Waals surface area (Å²) in [6.07, 6.45) is 2.93. The summed E-state index contributed by atoms with van der Waals surface area (Å²) in [4.78, 5) is 20.0. The normalized spacial score (nSPS) is 10.4. The average molecular weight is 312 g/mol. The molecule has 0 fully saturated rings. The third-order valence-corrected chi connectivity index (χ3v) is 3.09. The minimum absolute atomic E-state index is 0.159. The third kappa shape index (κ3) is 2.76. The number of rotatable bonds is 3. The first-order chi connectivity index (χ1) is 8.58. The predicted molar refractivity (Wildman–Crippen MR) is 68.5 cm³/mol. The number of H-pyrrole nitrogens is 1. The van der Waals surface area contributed by atoms with Crippen molar-refractivity contribution in [1.82, 2.24) is 14.9 Å². The molecular weight excluding hydrogens is 301 g/mol. The van der Waals surface area contributed by atoms with Crippen LogP contribution >= 0.6 is 15.9 Å². The number of carbonyl (C=O) groups excluding carboxylic acids is 1. The van der Waals surface area contributed by atoms with E-state index in [9.17, 15) is 9.18 Å². The average Bonchev–Trinajstić information content (AvgIpc) is 2.86.